The highest BCUT2D eigenvalue weighted by Crippen LogP contribution is 2.26. The van der Waals surface area contributed by atoms with Crippen LogP contribution in [-0.4, -0.2) is 33.6 Å². The van der Waals surface area contributed by atoms with E-state index in [2.05, 4.69) is 4.98 Å². The van der Waals surface area contributed by atoms with Crippen molar-refractivity contribution in [3.8, 4) is 0 Å². The van der Waals surface area contributed by atoms with Gasteiger partial charge in [0.05, 0.1) is 11.5 Å². The molecule has 0 aliphatic heterocycles. The number of nitro groups is 1. The predicted molar refractivity (Wildman–Crippen MR) is 93.0 cm³/mol. The maximum absolute atomic E-state index is 10.9. The van der Waals surface area contributed by atoms with E-state index in [0.717, 1.165) is 5.56 Å². The maximum Gasteiger partial charge on any atom is 0.271 e. The van der Waals surface area contributed by atoms with Gasteiger partial charge in [-0.15, -0.1) is 0 Å². The minimum atomic E-state index is -0.452. The van der Waals surface area contributed by atoms with E-state index in [4.69, 9.17) is 4.42 Å². The molecule has 25 heavy (non-hydrogen) atoms. The van der Waals surface area contributed by atoms with Crippen LogP contribution in [0.2, 0.25) is 0 Å². The Morgan fingerprint density at radius 3 is 2.72 bits per heavy atom. The monoisotopic (exact) mass is 341 g/mol. The number of benzene rings is 2. The number of oxazole rings is 1. The van der Waals surface area contributed by atoms with Crippen molar-refractivity contribution in [2.75, 3.05) is 13.7 Å². The van der Waals surface area contributed by atoms with Crippen LogP contribution in [0, 0.1) is 10.1 Å². The number of non-ortho nitro benzene ring substituents is 1. The molecule has 3 aromatic rings. The molecule has 1 heterocycles. The third kappa shape index (κ3) is 3.84. The average molecular weight is 341 g/mol. The van der Waals surface area contributed by atoms with Crippen LogP contribution in [0.5, 0.6) is 0 Å². The summed E-state index contributed by atoms with van der Waals surface area (Å²) < 4.78 is 5.70. The molecule has 0 spiro atoms. The first-order chi connectivity index (χ1) is 12.1. The van der Waals surface area contributed by atoms with Gasteiger partial charge >= 0.3 is 0 Å². The summed E-state index contributed by atoms with van der Waals surface area (Å²) in [7, 11) is 1.94. The zero-order chi connectivity index (χ0) is 17.8. The zero-order valence-corrected chi connectivity index (χ0v) is 13.8. The highest BCUT2D eigenvalue weighted by atomic mass is 16.6. The van der Waals surface area contributed by atoms with Crippen molar-refractivity contribution in [1.29, 1.82) is 0 Å². The molecule has 0 radical (unpaired) electrons. The van der Waals surface area contributed by atoms with Crippen LogP contribution < -0.4 is 0 Å². The van der Waals surface area contributed by atoms with Crippen molar-refractivity contribution in [1.82, 2.24) is 9.88 Å². The molecule has 7 nitrogen and oxygen atoms in total. The van der Waals surface area contributed by atoms with E-state index in [9.17, 15) is 15.2 Å². The third-order valence-corrected chi connectivity index (χ3v) is 4.13. The molecule has 1 N–H and O–H groups in total. The van der Waals surface area contributed by atoms with Gasteiger partial charge in [-0.1, -0.05) is 30.3 Å². The second kappa shape index (κ2) is 7.42. The lowest BCUT2D eigenvalue weighted by Crippen LogP contribution is -2.25. The highest BCUT2D eigenvalue weighted by Gasteiger charge is 2.19. The SMILES string of the molecule is CN(Cc1nc2cc([N+](=O)[O-])ccc2o1)C(CCO)c1ccccc1. The molecule has 3 rings (SSSR count). The zero-order valence-electron chi connectivity index (χ0n) is 13.8. The molecular weight excluding hydrogens is 322 g/mol. The lowest BCUT2D eigenvalue weighted by molar-refractivity contribution is -0.384. The van der Waals surface area contributed by atoms with Gasteiger partial charge in [-0.25, -0.2) is 4.98 Å². The minimum absolute atomic E-state index is 0.0110. The largest absolute Gasteiger partial charge is 0.439 e. The lowest BCUT2D eigenvalue weighted by Gasteiger charge is -2.26. The molecule has 0 fully saturated rings. The molecule has 7 heteroatoms. The van der Waals surface area contributed by atoms with Crippen LogP contribution in [-0.2, 0) is 6.54 Å². The molecule has 0 bridgehead atoms. The average Bonchev–Trinajstić information content (AvgIpc) is 3.01. The van der Waals surface area contributed by atoms with Crippen molar-refractivity contribution in [2.45, 2.75) is 19.0 Å². The Hall–Kier alpha value is -2.77. The number of nitrogens with zero attached hydrogens (tertiary/aromatic N) is 3. The topological polar surface area (TPSA) is 92.6 Å². The lowest BCUT2D eigenvalue weighted by atomic mass is 10.0. The number of nitro benzene ring substituents is 1. The summed E-state index contributed by atoms with van der Waals surface area (Å²) in [5.74, 6) is 0.483. The summed E-state index contributed by atoms with van der Waals surface area (Å²) >= 11 is 0. The summed E-state index contributed by atoms with van der Waals surface area (Å²) in [6.45, 7) is 0.506. The molecule has 0 saturated heterocycles. The van der Waals surface area contributed by atoms with Crippen LogP contribution in [0.15, 0.2) is 52.9 Å². The first-order valence-electron chi connectivity index (χ1n) is 7.98. The Kier molecular flexibility index (Phi) is 5.06. The van der Waals surface area contributed by atoms with Crippen LogP contribution in [0.25, 0.3) is 11.1 Å². The van der Waals surface area contributed by atoms with Crippen molar-refractivity contribution in [3.63, 3.8) is 0 Å². The summed E-state index contributed by atoms with van der Waals surface area (Å²) in [6.07, 6.45) is 0.589. The number of hydrogen-bond donors (Lipinski definition) is 1. The number of aliphatic hydroxyl groups excluding tert-OH is 1. The molecule has 1 aromatic heterocycles. The predicted octanol–water partition coefficient (Wildman–Crippen LogP) is 3.29. The standard InChI is InChI=1S/C18H19N3O4/c1-20(16(9-10-22)13-5-3-2-4-6-13)12-18-19-15-11-14(21(23)24)7-8-17(15)25-18/h2-8,11,16,22H,9-10,12H2,1H3. The molecule has 1 unspecified atom stereocenters. The van der Waals surface area contributed by atoms with Crippen molar-refractivity contribution in [2.24, 2.45) is 0 Å². The van der Waals surface area contributed by atoms with E-state index < -0.39 is 4.92 Å². The first kappa shape index (κ1) is 17.1. The molecule has 0 aliphatic carbocycles. The van der Waals surface area contributed by atoms with Crippen LogP contribution >= 0.6 is 0 Å². The number of aromatic nitrogens is 1. The van der Waals surface area contributed by atoms with E-state index in [1.54, 1.807) is 6.07 Å². The Balaban J connectivity index is 1.82. The van der Waals surface area contributed by atoms with Gasteiger partial charge in [0.15, 0.2) is 5.58 Å². The highest BCUT2D eigenvalue weighted by molar-refractivity contribution is 5.75. The molecule has 2 aromatic carbocycles. The number of hydrogen-bond acceptors (Lipinski definition) is 6. The number of rotatable bonds is 7. The van der Waals surface area contributed by atoms with Crippen molar-refractivity contribution < 1.29 is 14.4 Å². The van der Waals surface area contributed by atoms with Crippen LogP contribution in [0.4, 0.5) is 5.69 Å². The molecular formula is C18H19N3O4. The Morgan fingerprint density at radius 2 is 2.04 bits per heavy atom. The molecule has 1 atom stereocenters. The van der Waals surface area contributed by atoms with Crippen molar-refractivity contribution in [3.05, 3.63) is 70.1 Å². The van der Waals surface area contributed by atoms with Gasteiger partial charge in [-0.3, -0.25) is 15.0 Å². The van der Waals surface area contributed by atoms with E-state index in [1.165, 1.54) is 12.1 Å². The van der Waals surface area contributed by atoms with Crippen LogP contribution in [0.3, 0.4) is 0 Å². The maximum atomic E-state index is 10.9. The quantitative estimate of drug-likeness (QED) is 0.523. The second-order valence-corrected chi connectivity index (χ2v) is 5.87. The molecule has 0 aliphatic rings. The Morgan fingerprint density at radius 1 is 1.28 bits per heavy atom. The second-order valence-electron chi connectivity index (χ2n) is 5.87. The fraction of sp³-hybridized carbons (Fsp3) is 0.278. The Bertz CT molecular complexity index is 863. The smallest absolute Gasteiger partial charge is 0.271 e. The van der Waals surface area contributed by atoms with E-state index in [1.807, 2.05) is 42.3 Å². The summed E-state index contributed by atoms with van der Waals surface area (Å²) in [4.78, 5) is 16.8. The summed E-state index contributed by atoms with van der Waals surface area (Å²) in [5, 5.41) is 20.2. The van der Waals surface area contributed by atoms with Gasteiger partial charge in [0.25, 0.3) is 5.69 Å². The van der Waals surface area contributed by atoms with Crippen LogP contribution in [0.1, 0.15) is 23.9 Å². The van der Waals surface area contributed by atoms with Gasteiger partial charge < -0.3 is 9.52 Å². The number of fused-ring (bicyclic) bond motifs is 1. The van der Waals surface area contributed by atoms with Gasteiger partial charge in [0.2, 0.25) is 5.89 Å². The number of aliphatic hydroxyl groups is 1. The Labute approximate surface area is 144 Å². The summed E-state index contributed by atoms with van der Waals surface area (Å²) in [5.41, 5.74) is 2.08. The van der Waals surface area contributed by atoms with Gasteiger partial charge in [0.1, 0.15) is 5.52 Å². The van der Waals surface area contributed by atoms with Gasteiger partial charge in [0, 0.05) is 24.8 Å². The first-order valence-corrected chi connectivity index (χ1v) is 7.98. The van der Waals surface area contributed by atoms with Gasteiger partial charge in [-0.2, -0.15) is 0 Å². The molecule has 0 saturated carbocycles. The fourth-order valence-corrected chi connectivity index (χ4v) is 2.91. The minimum Gasteiger partial charge on any atom is -0.439 e. The summed E-state index contributed by atoms with van der Waals surface area (Å²) in [6, 6.07) is 14.3. The van der Waals surface area contributed by atoms with E-state index >= 15 is 0 Å². The van der Waals surface area contributed by atoms with Crippen molar-refractivity contribution >= 4 is 16.8 Å². The van der Waals surface area contributed by atoms with E-state index in [-0.39, 0.29) is 18.3 Å². The van der Waals surface area contributed by atoms with Gasteiger partial charge in [-0.05, 0) is 25.1 Å². The fourth-order valence-electron chi connectivity index (χ4n) is 2.91. The normalized spacial score (nSPS) is 12.6. The van der Waals surface area contributed by atoms with E-state index in [0.29, 0.717) is 30.0 Å². The third-order valence-electron chi connectivity index (χ3n) is 4.13. The molecule has 0 amide bonds. The molecule has 130 valence electrons.